The van der Waals surface area contributed by atoms with E-state index in [0.717, 1.165) is 57.1 Å². The molecule has 1 aromatic rings. The van der Waals surface area contributed by atoms with Gasteiger partial charge in [-0.2, -0.15) is 0 Å². The van der Waals surface area contributed by atoms with Crippen LogP contribution in [0.25, 0.3) is 0 Å². The van der Waals surface area contributed by atoms with Crippen molar-refractivity contribution in [3.05, 3.63) is 29.8 Å². The van der Waals surface area contributed by atoms with Gasteiger partial charge in [-0.25, -0.2) is 0 Å². The van der Waals surface area contributed by atoms with E-state index >= 15 is 0 Å². The average Bonchev–Trinajstić information content (AvgIpc) is 2.46. The molecule has 5 nitrogen and oxygen atoms in total. The van der Waals surface area contributed by atoms with Gasteiger partial charge in [-0.15, -0.1) is 0 Å². The lowest BCUT2D eigenvalue weighted by Gasteiger charge is -2.32. The number of hydrogen-bond acceptors (Lipinski definition) is 4. The Balaban J connectivity index is 1.72. The van der Waals surface area contributed by atoms with Crippen LogP contribution >= 0.6 is 0 Å². The van der Waals surface area contributed by atoms with Gasteiger partial charge in [0.15, 0.2) is 0 Å². The van der Waals surface area contributed by atoms with Crippen LogP contribution in [0.1, 0.15) is 12.5 Å². The summed E-state index contributed by atoms with van der Waals surface area (Å²) in [4.78, 5) is 16.0. The standard InChI is InChI=1S/C16H26N4O/c1-14(21)18-16-6-4-3-5-15(16)13-17-7-8-20-11-9-19(2)10-12-20/h3-6,17H,7-13H2,1-2H3,(H,18,21). The number of carbonyl (C=O) groups is 1. The van der Waals surface area contributed by atoms with Crippen molar-refractivity contribution in [1.29, 1.82) is 0 Å². The molecule has 2 rings (SSSR count). The van der Waals surface area contributed by atoms with Crippen molar-refractivity contribution in [2.45, 2.75) is 13.5 Å². The molecule has 21 heavy (non-hydrogen) atoms. The molecule has 0 spiro atoms. The smallest absolute Gasteiger partial charge is 0.221 e. The fourth-order valence-electron chi connectivity index (χ4n) is 2.52. The lowest BCUT2D eigenvalue weighted by molar-refractivity contribution is -0.114. The first-order valence-corrected chi connectivity index (χ1v) is 7.62. The molecule has 1 heterocycles. The van der Waals surface area contributed by atoms with Crippen LogP contribution in [0.15, 0.2) is 24.3 Å². The Labute approximate surface area is 127 Å². The Bertz CT molecular complexity index is 455. The summed E-state index contributed by atoms with van der Waals surface area (Å²) in [6.45, 7) is 8.99. The summed E-state index contributed by atoms with van der Waals surface area (Å²) in [6.07, 6.45) is 0. The molecule has 1 fully saturated rings. The number of piperazine rings is 1. The van der Waals surface area contributed by atoms with Gasteiger partial charge in [0.1, 0.15) is 0 Å². The van der Waals surface area contributed by atoms with Crippen LogP contribution in [-0.4, -0.2) is 62.0 Å². The van der Waals surface area contributed by atoms with Gasteiger partial charge < -0.3 is 15.5 Å². The Kier molecular flexibility index (Phi) is 6.17. The molecule has 0 aliphatic carbocycles. The zero-order valence-electron chi connectivity index (χ0n) is 13.1. The molecule has 5 heteroatoms. The first-order chi connectivity index (χ1) is 10.1. The molecule has 2 N–H and O–H groups in total. The summed E-state index contributed by atoms with van der Waals surface area (Å²) in [6, 6.07) is 7.94. The molecular weight excluding hydrogens is 264 g/mol. The summed E-state index contributed by atoms with van der Waals surface area (Å²) in [7, 11) is 2.18. The van der Waals surface area contributed by atoms with Gasteiger partial charge >= 0.3 is 0 Å². The highest BCUT2D eigenvalue weighted by Crippen LogP contribution is 2.14. The Hall–Kier alpha value is -1.43. The second-order valence-corrected chi connectivity index (χ2v) is 5.66. The average molecular weight is 290 g/mol. The second kappa shape index (κ2) is 8.12. The molecule has 0 saturated carbocycles. The number of benzene rings is 1. The summed E-state index contributed by atoms with van der Waals surface area (Å²) in [5, 5.41) is 6.34. The van der Waals surface area contributed by atoms with Crippen LogP contribution in [0.4, 0.5) is 5.69 Å². The predicted molar refractivity (Wildman–Crippen MR) is 86.4 cm³/mol. The maximum absolute atomic E-state index is 11.2. The molecule has 0 radical (unpaired) electrons. The molecule has 1 aromatic carbocycles. The summed E-state index contributed by atoms with van der Waals surface area (Å²) in [5.41, 5.74) is 2.03. The quantitative estimate of drug-likeness (QED) is 0.767. The van der Waals surface area contributed by atoms with Crippen molar-refractivity contribution in [3.63, 3.8) is 0 Å². The highest BCUT2D eigenvalue weighted by molar-refractivity contribution is 5.89. The SMILES string of the molecule is CC(=O)Nc1ccccc1CNCCN1CCN(C)CC1. The van der Waals surface area contributed by atoms with E-state index in [4.69, 9.17) is 0 Å². The minimum atomic E-state index is -0.0279. The van der Waals surface area contributed by atoms with E-state index in [1.54, 1.807) is 0 Å². The van der Waals surface area contributed by atoms with E-state index in [-0.39, 0.29) is 5.91 Å². The number of hydrogen-bond donors (Lipinski definition) is 2. The van der Waals surface area contributed by atoms with E-state index in [1.807, 2.05) is 24.3 Å². The van der Waals surface area contributed by atoms with Gasteiger partial charge in [-0.05, 0) is 18.7 Å². The second-order valence-electron chi connectivity index (χ2n) is 5.66. The highest BCUT2D eigenvalue weighted by atomic mass is 16.1. The summed E-state index contributed by atoms with van der Waals surface area (Å²) >= 11 is 0. The van der Waals surface area contributed by atoms with Crippen molar-refractivity contribution in [2.24, 2.45) is 0 Å². The Morgan fingerprint density at radius 1 is 1.19 bits per heavy atom. The third kappa shape index (κ3) is 5.46. The first-order valence-electron chi connectivity index (χ1n) is 7.62. The lowest BCUT2D eigenvalue weighted by atomic mass is 10.1. The van der Waals surface area contributed by atoms with Crippen molar-refractivity contribution < 1.29 is 4.79 Å². The van der Waals surface area contributed by atoms with Crippen LogP contribution in [-0.2, 0) is 11.3 Å². The van der Waals surface area contributed by atoms with Gasteiger partial charge in [0, 0.05) is 58.4 Å². The third-order valence-corrected chi connectivity index (χ3v) is 3.84. The molecule has 0 aromatic heterocycles. The number of rotatable bonds is 6. The monoisotopic (exact) mass is 290 g/mol. The minimum Gasteiger partial charge on any atom is -0.326 e. The first kappa shape index (κ1) is 15.9. The molecule has 1 aliphatic rings. The maximum atomic E-state index is 11.2. The number of amides is 1. The number of likely N-dealkylation sites (N-methyl/N-ethyl adjacent to an activating group) is 1. The largest absolute Gasteiger partial charge is 0.326 e. The zero-order chi connectivity index (χ0) is 15.1. The van der Waals surface area contributed by atoms with Gasteiger partial charge in [0.05, 0.1) is 0 Å². The molecule has 116 valence electrons. The van der Waals surface area contributed by atoms with E-state index in [1.165, 1.54) is 6.92 Å². The fourth-order valence-corrected chi connectivity index (χ4v) is 2.52. The number of carbonyl (C=O) groups excluding carboxylic acids is 1. The van der Waals surface area contributed by atoms with Crippen molar-refractivity contribution in [1.82, 2.24) is 15.1 Å². The fraction of sp³-hybridized carbons (Fsp3) is 0.562. The van der Waals surface area contributed by atoms with Crippen molar-refractivity contribution in [3.8, 4) is 0 Å². The van der Waals surface area contributed by atoms with Crippen LogP contribution in [0.2, 0.25) is 0 Å². The minimum absolute atomic E-state index is 0.0279. The van der Waals surface area contributed by atoms with Crippen molar-refractivity contribution >= 4 is 11.6 Å². The molecule has 1 aliphatic heterocycles. The Morgan fingerprint density at radius 3 is 2.62 bits per heavy atom. The van der Waals surface area contributed by atoms with Gasteiger partial charge in [0.2, 0.25) is 5.91 Å². The zero-order valence-corrected chi connectivity index (χ0v) is 13.1. The lowest BCUT2D eigenvalue weighted by Crippen LogP contribution is -2.46. The molecule has 1 saturated heterocycles. The highest BCUT2D eigenvalue weighted by Gasteiger charge is 2.12. The Morgan fingerprint density at radius 2 is 1.90 bits per heavy atom. The molecule has 1 amide bonds. The molecule has 0 atom stereocenters. The van der Waals surface area contributed by atoms with Gasteiger partial charge in [-0.1, -0.05) is 18.2 Å². The van der Waals surface area contributed by atoms with E-state index in [2.05, 4.69) is 27.5 Å². The van der Waals surface area contributed by atoms with E-state index in [9.17, 15) is 4.79 Å². The maximum Gasteiger partial charge on any atom is 0.221 e. The number of nitrogens with zero attached hydrogens (tertiary/aromatic N) is 2. The van der Waals surface area contributed by atoms with Crippen LogP contribution in [0.5, 0.6) is 0 Å². The van der Waals surface area contributed by atoms with Gasteiger partial charge in [0.25, 0.3) is 0 Å². The number of anilines is 1. The van der Waals surface area contributed by atoms with Crippen LogP contribution < -0.4 is 10.6 Å². The van der Waals surface area contributed by atoms with E-state index in [0.29, 0.717) is 0 Å². The summed E-state index contributed by atoms with van der Waals surface area (Å²) < 4.78 is 0. The number of nitrogens with one attached hydrogen (secondary N) is 2. The van der Waals surface area contributed by atoms with E-state index < -0.39 is 0 Å². The molecule has 0 unspecified atom stereocenters. The normalized spacial score (nSPS) is 16.9. The van der Waals surface area contributed by atoms with Crippen molar-refractivity contribution in [2.75, 3.05) is 51.6 Å². The van der Waals surface area contributed by atoms with Crippen LogP contribution in [0, 0.1) is 0 Å². The number of para-hydroxylation sites is 1. The molecular formula is C16H26N4O. The third-order valence-electron chi connectivity index (χ3n) is 3.84. The predicted octanol–water partition coefficient (Wildman–Crippen LogP) is 0.982. The van der Waals surface area contributed by atoms with Gasteiger partial charge in [-0.3, -0.25) is 9.69 Å². The molecule has 0 bridgehead atoms. The summed E-state index contributed by atoms with van der Waals surface area (Å²) in [5.74, 6) is -0.0279. The van der Waals surface area contributed by atoms with Crippen LogP contribution in [0.3, 0.4) is 0 Å². The topological polar surface area (TPSA) is 47.6 Å².